The van der Waals surface area contributed by atoms with Crippen LogP contribution in [0.3, 0.4) is 0 Å². The number of nitrogens with zero attached hydrogens (tertiary/aromatic N) is 1. The summed E-state index contributed by atoms with van der Waals surface area (Å²) >= 11 is 0. The molecule has 0 aromatic heterocycles. The van der Waals surface area contributed by atoms with Crippen LogP contribution in [-0.4, -0.2) is 43.4 Å². The summed E-state index contributed by atoms with van der Waals surface area (Å²) in [4.78, 5) is 26.0. The lowest BCUT2D eigenvalue weighted by atomic mass is 9.81. The highest BCUT2D eigenvalue weighted by Gasteiger charge is 2.32. The molecule has 0 aromatic rings. The summed E-state index contributed by atoms with van der Waals surface area (Å²) in [5.41, 5.74) is 5.69. The van der Waals surface area contributed by atoms with E-state index in [9.17, 15) is 9.59 Å². The van der Waals surface area contributed by atoms with Gasteiger partial charge in [0.15, 0.2) is 0 Å². The third-order valence-electron chi connectivity index (χ3n) is 4.95. The largest absolute Gasteiger partial charge is 0.359 e. The molecule has 3 N–H and O–H groups in total. The number of amides is 2. The van der Waals surface area contributed by atoms with Gasteiger partial charge in [-0.2, -0.15) is 0 Å². The third-order valence-corrected chi connectivity index (χ3v) is 4.95. The van der Waals surface area contributed by atoms with Gasteiger partial charge in [0.25, 0.3) is 0 Å². The average Bonchev–Trinajstić information content (AvgIpc) is 2.53. The van der Waals surface area contributed by atoms with Gasteiger partial charge in [-0.25, -0.2) is 0 Å². The van der Waals surface area contributed by atoms with Crippen molar-refractivity contribution in [1.82, 2.24) is 10.2 Å². The Balaban J connectivity index is 1.79. The molecule has 20 heavy (non-hydrogen) atoms. The van der Waals surface area contributed by atoms with Gasteiger partial charge >= 0.3 is 0 Å². The van der Waals surface area contributed by atoms with Crippen LogP contribution >= 0.6 is 0 Å². The maximum absolute atomic E-state index is 12.5. The number of carbonyl (C=O) groups excluding carboxylic acids is 2. The van der Waals surface area contributed by atoms with E-state index >= 15 is 0 Å². The van der Waals surface area contributed by atoms with E-state index in [1.807, 2.05) is 4.90 Å². The molecule has 0 spiro atoms. The number of likely N-dealkylation sites (tertiary alicyclic amines) is 1. The first-order chi connectivity index (χ1) is 9.65. The van der Waals surface area contributed by atoms with E-state index in [0.29, 0.717) is 11.8 Å². The van der Waals surface area contributed by atoms with E-state index in [1.165, 1.54) is 0 Å². The van der Waals surface area contributed by atoms with Crippen LogP contribution in [0.15, 0.2) is 0 Å². The van der Waals surface area contributed by atoms with Crippen LogP contribution in [0.25, 0.3) is 0 Å². The smallest absolute Gasteiger partial charge is 0.225 e. The van der Waals surface area contributed by atoms with Gasteiger partial charge in [0, 0.05) is 32.0 Å². The van der Waals surface area contributed by atoms with Crippen molar-refractivity contribution in [2.45, 2.75) is 38.5 Å². The Bertz CT molecular complexity index is 343. The van der Waals surface area contributed by atoms with E-state index in [-0.39, 0.29) is 17.7 Å². The zero-order valence-corrected chi connectivity index (χ0v) is 12.4. The van der Waals surface area contributed by atoms with E-state index in [1.54, 1.807) is 7.05 Å². The molecular formula is C15H27N3O2. The monoisotopic (exact) mass is 281 g/mol. The quantitative estimate of drug-likeness (QED) is 0.801. The lowest BCUT2D eigenvalue weighted by Crippen LogP contribution is -2.45. The summed E-state index contributed by atoms with van der Waals surface area (Å²) in [6.07, 6.45) is 5.72. The highest BCUT2D eigenvalue weighted by atomic mass is 16.2. The van der Waals surface area contributed by atoms with Gasteiger partial charge in [0.1, 0.15) is 0 Å². The van der Waals surface area contributed by atoms with Crippen molar-refractivity contribution in [2.75, 3.05) is 26.7 Å². The van der Waals surface area contributed by atoms with Crippen molar-refractivity contribution in [1.29, 1.82) is 0 Å². The fourth-order valence-corrected chi connectivity index (χ4v) is 3.47. The fourth-order valence-electron chi connectivity index (χ4n) is 3.47. The zero-order valence-electron chi connectivity index (χ0n) is 12.4. The zero-order chi connectivity index (χ0) is 14.5. The highest BCUT2D eigenvalue weighted by Crippen LogP contribution is 2.30. The van der Waals surface area contributed by atoms with Gasteiger partial charge < -0.3 is 16.0 Å². The number of hydrogen-bond acceptors (Lipinski definition) is 3. The molecule has 114 valence electrons. The number of rotatable bonds is 3. The summed E-state index contributed by atoms with van der Waals surface area (Å²) in [5.74, 6) is 1.29. The van der Waals surface area contributed by atoms with Crippen molar-refractivity contribution in [3.63, 3.8) is 0 Å². The van der Waals surface area contributed by atoms with E-state index < -0.39 is 0 Å². The fraction of sp³-hybridized carbons (Fsp3) is 0.867. The summed E-state index contributed by atoms with van der Waals surface area (Å²) in [6.45, 7) is 2.21. The van der Waals surface area contributed by atoms with Gasteiger partial charge in [-0.05, 0) is 51.0 Å². The Morgan fingerprint density at radius 2 is 1.65 bits per heavy atom. The Labute approximate surface area is 121 Å². The molecule has 5 nitrogen and oxygen atoms in total. The van der Waals surface area contributed by atoms with Gasteiger partial charge in [-0.3, -0.25) is 9.59 Å². The maximum atomic E-state index is 12.5. The molecule has 1 aliphatic heterocycles. The predicted octanol–water partition coefficient (Wildman–Crippen LogP) is 0.736. The first kappa shape index (κ1) is 15.3. The van der Waals surface area contributed by atoms with Crippen molar-refractivity contribution < 1.29 is 9.59 Å². The molecule has 2 aliphatic rings. The van der Waals surface area contributed by atoms with E-state index in [4.69, 9.17) is 5.73 Å². The van der Waals surface area contributed by atoms with Crippen LogP contribution < -0.4 is 11.1 Å². The Morgan fingerprint density at radius 3 is 2.15 bits per heavy atom. The number of nitrogens with two attached hydrogens (primary N) is 1. The summed E-state index contributed by atoms with van der Waals surface area (Å²) in [7, 11) is 1.68. The molecule has 2 rings (SSSR count). The summed E-state index contributed by atoms with van der Waals surface area (Å²) in [5, 5.41) is 2.70. The number of carbonyl (C=O) groups is 2. The number of nitrogens with one attached hydrogen (secondary N) is 1. The van der Waals surface area contributed by atoms with Crippen LogP contribution in [0.4, 0.5) is 0 Å². The van der Waals surface area contributed by atoms with Crippen LogP contribution in [0.5, 0.6) is 0 Å². The number of hydrogen-bond donors (Lipinski definition) is 2. The van der Waals surface area contributed by atoms with Crippen molar-refractivity contribution in [3.05, 3.63) is 0 Å². The molecule has 1 aliphatic carbocycles. The first-order valence-corrected chi connectivity index (χ1v) is 7.86. The molecular weight excluding hydrogens is 254 g/mol. The summed E-state index contributed by atoms with van der Waals surface area (Å²) in [6, 6.07) is 0. The SMILES string of the molecule is CNC(=O)C1CCN(C(=O)C2CCC(CN)CC2)CC1. The minimum Gasteiger partial charge on any atom is -0.359 e. The van der Waals surface area contributed by atoms with E-state index in [2.05, 4.69) is 5.32 Å². The number of piperidine rings is 1. The van der Waals surface area contributed by atoms with Gasteiger partial charge in [-0.15, -0.1) is 0 Å². The molecule has 5 heteroatoms. The van der Waals surface area contributed by atoms with Crippen LogP contribution in [-0.2, 0) is 9.59 Å². The molecule has 1 saturated heterocycles. The van der Waals surface area contributed by atoms with Gasteiger partial charge in [0.2, 0.25) is 11.8 Å². The predicted molar refractivity (Wildman–Crippen MR) is 77.9 cm³/mol. The van der Waals surface area contributed by atoms with Gasteiger partial charge in [-0.1, -0.05) is 0 Å². The van der Waals surface area contributed by atoms with Crippen molar-refractivity contribution in [3.8, 4) is 0 Å². The minimum atomic E-state index is 0.0806. The lowest BCUT2D eigenvalue weighted by molar-refractivity contribution is -0.140. The topological polar surface area (TPSA) is 75.4 Å². The molecule has 1 saturated carbocycles. The Morgan fingerprint density at radius 1 is 1.05 bits per heavy atom. The molecule has 0 aromatic carbocycles. The second-order valence-corrected chi connectivity index (χ2v) is 6.17. The molecule has 0 radical (unpaired) electrons. The first-order valence-electron chi connectivity index (χ1n) is 7.86. The second kappa shape index (κ2) is 7.07. The van der Waals surface area contributed by atoms with Crippen molar-refractivity contribution >= 4 is 11.8 Å². The normalized spacial score (nSPS) is 28.2. The lowest BCUT2D eigenvalue weighted by Gasteiger charge is -2.35. The molecule has 0 atom stereocenters. The summed E-state index contributed by atoms with van der Waals surface area (Å²) < 4.78 is 0. The van der Waals surface area contributed by atoms with Crippen LogP contribution in [0.2, 0.25) is 0 Å². The standard InChI is InChI=1S/C15H27N3O2/c1-17-14(19)12-6-8-18(9-7-12)15(20)13-4-2-11(10-16)3-5-13/h11-13H,2-10,16H2,1H3,(H,17,19). The van der Waals surface area contributed by atoms with Crippen molar-refractivity contribution in [2.24, 2.45) is 23.5 Å². The van der Waals surface area contributed by atoms with Gasteiger partial charge in [0.05, 0.1) is 0 Å². The molecule has 0 unspecified atom stereocenters. The maximum Gasteiger partial charge on any atom is 0.225 e. The Kier molecular flexibility index (Phi) is 5.40. The molecule has 2 fully saturated rings. The minimum absolute atomic E-state index is 0.0806. The van der Waals surface area contributed by atoms with E-state index in [0.717, 1.165) is 58.2 Å². The molecule has 1 heterocycles. The molecule has 2 amide bonds. The Hall–Kier alpha value is -1.10. The molecule has 0 bridgehead atoms. The third kappa shape index (κ3) is 3.51. The van der Waals surface area contributed by atoms with Crippen LogP contribution in [0, 0.1) is 17.8 Å². The second-order valence-electron chi connectivity index (χ2n) is 6.17. The average molecular weight is 281 g/mol. The van der Waals surface area contributed by atoms with Crippen LogP contribution in [0.1, 0.15) is 38.5 Å². The highest BCUT2D eigenvalue weighted by molar-refractivity contribution is 5.81.